The van der Waals surface area contributed by atoms with Gasteiger partial charge in [-0.05, 0) is 66.5 Å². The van der Waals surface area contributed by atoms with Gasteiger partial charge in [0.25, 0.3) is 0 Å². The van der Waals surface area contributed by atoms with Crippen molar-refractivity contribution >= 4 is 5.91 Å². The van der Waals surface area contributed by atoms with Crippen LogP contribution in [0.4, 0.5) is 0 Å². The maximum Gasteiger partial charge on any atom is 0.221 e. The first-order valence-corrected chi connectivity index (χ1v) is 25.4. The number of carbonyl (C=O) groups is 1. The van der Waals surface area contributed by atoms with Gasteiger partial charge in [0.15, 0.2) is 25.2 Å². The van der Waals surface area contributed by atoms with Crippen LogP contribution in [0.15, 0.2) is 0 Å². The zero-order valence-electron chi connectivity index (χ0n) is 41.7. The van der Waals surface area contributed by atoms with Crippen molar-refractivity contribution in [3.8, 4) is 0 Å². The number of hydrogen-bond acceptors (Lipinski definition) is 24. The van der Waals surface area contributed by atoms with Gasteiger partial charge < -0.3 is 108 Å². The molecule has 20 N–H and O–H groups in total. The third-order valence-electron chi connectivity index (χ3n) is 15.6. The molecule has 9 unspecified atom stereocenters. The predicted octanol–water partition coefficient (Wildman–Crippen LogP) is -6.24. The Morgan fingerprint density at radius 1 is 0.771 bits per heavy atom. The van der Waals surface area contributed by atoms with Crippen molar-refractivity contribution in [2.45, 2.75) is 219 Å². The molecule has 7 rings (SSSR count). The molecule has 70 heavy (non-hydrogen) atoms. The Balaban J connectivity index is 0.891. The summed E-state index contributed by atoms with van der Waals surface area (Å²) in [5.74, 6) is -0.184. The van der Waals surface area contributed by atoms with Crippen LogP contribution in [-0.2, 0) is 42.7 Å². The molecule has 7 aliphatic rings. The van der Waals surface area contributed by atoms with Gasteiger partial charge in [-0.2, -0.15) is 0 Å². The molecule has 0 aromatic rings. The molecule has 0 aromatic carbocycles. The molecular weight excluding hydrogens is 919 g/mol. The number of nitrogens with zero attached hydrogens (tertiary/aromatic N) is 1. The van der Waals surface area contributed by atoms with Gasteiger partial charge in [-0.1, -0.05) is 13.8 Å². The molecule has 25 heteroatoms. The summed E-state index contributed by atoms with van der Waals surface area (Å²) >= 11 is 0. The summed E-state index contributed by atoms with van der Waals surface area (Å²) in [6, 6.07) is -4.46. The summed E-state index contributed by atoms with van der Waals surface area (Å²) in [6.07, 6.45) is -9.48. The van der Waals surface area contributed by atoms with Crippen LogP contribution >= 0.6 is 0 Å². The summed E-state index contributed by atoms with van der Waals surface area (Å²) < 4.78 is 49.5. The molecule has 5 heterocycles. The van der Waals surface area contributed by atoms with Crippen LogP contribution in [0.2, 0.25) is 0 Å². The maximum atomic E-state index is 13.3. The lowest BCUT2D eigenvalue weighted by molar-refractivity contribution is -0.307. The minimum absolute atomic E-state index is 0.100. The molecule has 406 valence electrons. The highest BCUT2D eigenvalue weighted by atomic mass is 16.7. The fourth-order valence-corrected chi connectivity index (χ4v) is 11.6. The standard InChI is InChI=1S/C45H87N11O14/c1-20-28-10-9-26(41(66-28)70-37-27(55-54-20)16-25(50)36(31(37)59)68-42-32(60)38(51-5)45(4,62)19-64-42)52-12-13-53-29(57)11-14-56(6)39-33(61)43(63-18-44(39,2)3)69-35-24(49)15-23(48)34(30(35)58)67-40-22(47)8-7-21(17-46)65-40/h20-28,30-43,51-52,54-55,58-62H,7-19,46-50H2,1-6H3,(H,53,57)/t20?,21-,22+,23-,24+,25+,26+,27-,28-,30-,31+,32+,33+,34?,35?,36?,37?,38+,39+,40?,41?,42?,43?,45-/m0/s1. The van der Waals surface area contributed by atoms with Crippen molar-refractivity contribution < 1.29 is 68.2 Å². The molecule has 5 saturated heterocycles. The summed E-state index contributed by atoms with van der Waals surface area (Å²) in [4.78, 5) is 15.2. The van der Waals surface area contributed by atoms with Crippen molar-refractivity contribution in [2.24, 2.45) is 34.1 Å². The molecule has 25 nitrogen and oxygen atoms in total. The van der Waals surface area contributed by atoms with E-state index in [1.165, 1.54) is 0 Å². The van der Waals surface area contributed by atoms with E-state index in [4.69, 9.17) is 66.6 Å². The molecule has 2 bridgehead atoms. The number of nitrogens with two attached hydrogens (primary N) is 5. The first-order valence-electron chi connectivity index (χ1n) is 25.4. The van der Waals surface area contributed by atoms with Crippen molar-refractivity contribution in [3.63, 3.8) is 0 Å². The van der Waals surface area contributed by atoms with Gasteiger partial charge in [0, 0.05) is 68.2 Å². The molecular formula is C45H87N11O14. The van der Waals surface area contributed by atoms with E-state index in [0.29, 0.717) is 51.9 Å². The zero-order valence-corrected chi connectivity index (χ0v) is 41.7. The number of fused-ring (bicyclic) bond motifs is 3. The van der Waals surface area contributed by atoms with Crippen LogP contribution in [-0.4, -0.2) is 236 Å². The fraction of sp³-hybridized carbons (Fsp3) is 0.978. The van der Waals surface area contributed by atoms with Crippen LogP contribution in [0.1, 0.15) is 72.6 Å². The second kappa shape index (κ2) is 24.0. The molecule has 1 amide bonds. The Hall–Kier alpha value is -1.45. The SMILES string of the molecule is CN[C@@H]1[C@@H](O)C(OC2[C@@H](O)C3OC4O[C@@H](CC[C@H]4NCCNC(=O)CCN(C)[C@@H]4[C@@H](O)C(OC5[C@@H](O)C(OC6O[C@H](CN)CC[C@H]6N)[C@@H](N)C[C@H]5N)OCC4(C)C)C(C)NN[C@H]3C[C@H]2N)OC[C@]1(C)O. The Labute approximate surface area is 411 Å². The van der Waals surface area contributed by atoms with Crippen LogP contribution in [0.25, 0.3) is 0 Å². The van der Waals surface area contributed by atoms with Gasteiger partial charge >= 0.3 is 0 Å². The monoisotopic (exact) mass is 1010 g/mol. The number of hydrogen-bond donors (Lipinski definition) is 15. The molecule has 24 atom stereocenters. The van der Waals surface area contributed by atoms with Gasteiger partial charge in [-0.15, -0.1) is 0 Å². The Bertz CT molecular complexity index is 1670. The Morgan fingerprint density at radius 3 is 2.10 bits per heavy atom. The lowest BCUT2D eigenvalue weighted by Crippen LogP contribution is -2.69. The third-order valence-corrected chi connectivity index (χ3v) is 15.6. The van der Waals surface area contributed by atoms with E-state index >= 15 is 0 Å². The number of likely N-dealkylation sites (N-methyl/N-ethyl adjacent to an activating group) is 2. The number of rotatable bonds is 16. The molecule has 2 aliphatic carbocycles. The van der Waals surface area contributed by atoms with Gasteiger partial charge in [-0.3, -0.25) is 20.5 Å². The molecule has 0 radical (unpaired) electrons. The van der Waals surface area contributed by atoms with E-state index in [9.17, 15) is 30.3 Å². The van der Waals surface area contributed by atoms with Crippen molar-refractivity contribution in [1.82, 2.24) is 31.7 Å². The third kappa shape index (κ3) is 12.8. The summed E-state index contributed by atoms with van der Waals surface area (Å²) in [6.45, 7) is 8.95. The molecule has 0 spiro atoms. The zero-order chi connectivity index (χ0) is 50.8. The fourth-order valence-electron chi connectivity index (χ4n) is 11.6. The number of carbonyl (C=O) groups excluding carboxylic acids is 1. The number of amides is 1. The first-order chi connectivity index (χ1) is 33.1. The van der Waals surface area contributed by atoms with Crippen LogP contribution in [0.5, 0.6) is 0 Å². The van der Waals surface area contributed by atoms with Gasteiger partial charge in [-0.25, -0.2) is 0 Å². The average molecular weight is 1010 g/mol. The van der Waals surface area contributed by atoms with E-state index in [1.807, 2.05) is 32.7 Å². The predicted molar refractivity (Wildman–Crippen MR) is 252 cm³/mol. The highest BCUT2D eigenvalue weighted by molar-refractivity contribution is 5.76. The van der Waals surface area contributed by atoms with E-state index in [1.54, 1.807) is 14.0 Å². The number of nitrogens with one attached hydrogen (secondary N) is 5. The largest absolute Gasteiger partial charge is 0.388 e. The van der Waals surface area contributed by atoms with Crippen LogP contribution in [0, 0.1) is 5.41 Å². The van der Waals surface area contributed by atoms with Gasteiger partial charge in [0.05, 0.1) is 49.6 Å². The topological polar surface area (TPSA) is 386 Å². The lowest BCUT2D eigenvalue weighted by atomic mass is 9.78. The van der Waals surface area contributed by atoms with Crippen LogP contribution in [0.3, 0.4) is 0 Å². The second-order valence-corrected chi connectivity index (χ2v) is 21.8. The summed E-state index contributed by atoms with van der Waals surface area (Å²) in [5.41, 5.74) is 36.4. The molecule has 7 fully saturated rings. The van der Waals surface area contributed by atoms with Crippen molar-refractivity contribution in [3.05, 3.63) is 0 Å². The summed E-state index contributed by atoms with van der Waals surface area (Å²) in [7, 11) is 3.47. The number of aliphatic hydroxyl groups is 5. The first kappa shape index (κ1) is 56.3. The molecule has 0 aromatic heterocycles. The Morgan fingerprint density at radius 2 is 1.41 bits per heavy atom. The average Bonchev–Trinajstić information content (AvgIpc) is 3.35. The smallest absolute Gasteiger partial charge is 0.221 e. The van der Waals surface area contributed by atoms with E-state index in [2.05, 4.69) is 26.8 Å². The number of aliphatic hydroxyl groups excluding tert-OH is 4. The molecule has 5 aliphatic heterocycles. The quantitative estimate of drug-likeness (QED) is 0.0640. The number of hydrazine groups is 1. The summed E-state index contributed by atoms with van der Waals surface area (Å²) in [5, 5.41) is 66.4. The number of ether oxygens (including phenoxy) is 8. The van der Waals surface area contributed by atoms with Crippen LogP contribution < -0.4 is 55.5 Å². The van der Waals surface area contributed by atoms with Gasteiger partial charge in [0.1, 0.15) is 54.4 Å². The lowest BCUT2D eigenvalue weighted by Gasteiger charge is -2.51. The second-order valence-electron chi connectivity index (χ2n) is 21.8. The highest BCUT2D eigenvalue weighted by Gasteiger charge is 2.54. The van der Waals surface area contributed by atoms with Crippen molar-refractivity contribution in [2.75, 3.05) is 53.5 Å². The minimum atomic E-state index is -1.35. The maximum absolute atomic E-state index is 13.3. The van der Waals surface area contributed by atoms with E-state index < -0.39 is 127 Å². The van der Waals surface area contributed by atoms with E-state index in [-0.39, 0.29) is 56.3 Å². The molecule has 2 saturated carbocycles. The van der Waals surface area contributed by atoms with E-state index in [0.717, 1.165) is 6.42 Å². The van der Waals surface area contributed by atoms with Crippen molar-refractivity contribution in [1.29, 1.82) is 0 Å². The minimum Gasteiger partial charge on any atom is -0.388 e. The Kier molecular flexibility index (Phi) is 19.3. The van der Waals surface area contributed by atoms with Gasteiger partial charge in [0.2, 0.25) is 5.91 Å². The highest BCUT2D eigenvalue weighted by Crippen LogP contribution is 2.38. The normalized spacial score (nSPS) is 47.9.